The number of aromatic nitrogens is 1. The van der Waals surface area contributed by atoms with Crippen molar-refractivity contribution < 1.29 is 23.9 Å². The predicted octanol–water partition coefficient (Wildman–Crippen LogP) is 3.46. The Bertz CT molecular complexity index is 879. The van der Waals surface area contributed by atoms with Crippen LogP contribution in [0.15, 0.2) is 18.2 Å². The second-order valence-electron chi connectivity index (χ2n) is 6.35. The maximum atomic E-state index is 12.7. The minimum absolute atomic E-state index is 0.240. The maximum Gasteiger partial charge on any atom is 0.339 e. The molecule has 0 radical (unpaired) electrons. The summed E-state index contributed by atoms with van der Waals surface area (Å²) in [5.41, 5.74) is 3.72. The number of H-pyrrole nitrogens is 1. The second kappa shape index (κ2) is 7.56. The number of ether oxygens (including phenoxy) is 2. The van der Waals surface area contributed by atoms with Crippen molar-refractivity contribution in [1.82, 2.24) is 4.98 Å². The zero-order chi connectivity index (χ0) is 19.6. The summed E-state index contributed by atoms with van der Waals surface area (Å²) >= 11 is 0. The van der Waals surface area contributed by atoms with Crippen molar-refractivity contribution in [3.8, 4) is 0 Å². The molecule has 0 unspecified atom stereocenters. The molecule has 26 heavy (non-hydrogen) atoms. The molecule has 0 spiro atoms. The van der Waals surface area contributed by atoms with Gasteiger partial charge in [0.25, 0.3) is 0 Å². The van der Waals surface area contributed by atoms with Gasteiger partial charge in [-0.05, 0) is 51.8 Å². The van der Waals surface area contributed by atoms with Gasteiger partial charge in [0.05, 0.1) is 23.9 Å². The van der Waals surface area contributed by atoms with E-state index in [4.69, 9.17) is 9.47 Å². The number of carbonyl (C=O) groups is 3. The highest BCUT2D eigenvalue weighted by atomic mass is 16.5. The Kier molecular flexibility index (Phi) is 5.65. The molecule has 6 heteroatoms. The Morgan fingerprint density at radius 3 is 2.31 bits per heavy atom. The van der Waals surface area contributed by atoms with Crippen LogP contribution in [0.2, 0.25) is 0 Å². The Balaban J connectivity index is 2.24. The Hall–Kier alpha value is -2.89. The molecule has 6 nitrogen and oxygen atoms in total. The molecule has 138 valence electrons. The largest absolute Gasteiger partial charge is 0.465 e. The van der Waals surface area contributed by atoms with Crippen molar-refractivity contribution >= 4 is 17.7 Å². The quantitative estimate of drug-likeness (QED) is 0.654. The van der Waals surface area contributed by atoms with Crippen molar-refractivity contribution in [3.63, 3.8) is 0 Å². The number of ketones is 1. The first-order valence-corrected chi connectivity index (χ1v) is 8.27. The molecule has 2 aromatic rings. The van der Waals surface area contributed by atoms with Gasteiger partial charge in [0, 0.05) is 5.69 Å². The zero-order valence-corrected chi connectivity index (χ0v) is 15.9. The average Bonchev–Trinajstić information content (AvgIpc) is 2.89. The lowest BCUT2D eigenvalue weighted by atomic mass is 10.0. The number of rotatable bonds is 5. The standard InChI is InChI=1S/C20H23NO5/c1-10-7-8-11(2)15(9-10)19(23)26-14(5)18(22)17-12(3)16(13(4)21-17)20(24)25-6/h7-9,14,21H,1-6H3/t14-/m1/s1. The lowest BCUT2D eigenvalue weighted by Gasteiger charge is -2.13. The SMILES string of the molecule is COC(=O)c1c(C)[nH]c(C(=O)[C@@H](C)OC(=O)c2cc(C)ccc2C)c1C. The Morgan fingerprint density at radius 1 is 1.04 bits per heavy atom. The van der Waals surface area contributed by atoms with E-state index >= 15 is 0 Å². The number of carbonyl (C=O) groups excluding carboxylic acids is 3. The van der Waals surface area contributed by atoms with Crippen LogP contribution in [0.5, 0.6) is 0 Å². The Labute approximate surface area is 152 Å². The monoisotopic (exact) mass is 357 g/mol. The van der Waals surface area contributed by atoms with Gasteiger partial charge in [0.1, 0.15) is 0 Å². The number of aryl methyl sites for hydroxylation is 3. The normalized spacial score (nSPS) is 11.8. The number of esters is 2. The van der Waals surface area contributed by atoms with E-state index in [1.165, 1.54) is 14.0 Å². The summed E-state index contributed by atoms with van der Waals surface area (Å²) in [6.07, 6.45) is -0.996. The number of methoxy groups -OCH3 is 1. The summed E-state index contributed by atoms with van der Waals surface area (Å²) in [5, 5.41) is 0. The third-order valence-electron chi connectivity index (χ3n) is 4.34. The molecular formula is C20H23NO5. The fourth-order valence-corrected chi connectivity index (χ4v) is 2.84. The summed E-state index contributed by atoms with van der Waals surface area (Å²) in [5.74, 6) is -1.48. The van der Waals surface area contributed by atoms with Crippen LogP contribution in [0.4, 0.5) is 0 Å². The molecule has 0 fully saturated rings. The van der Waals surface area contributed by atoms with Crippen molar-refractivity contribution in [1.29, 1.82) is 0 Å². The van der Waals surface area contributed by atoms with Crippen LogP contribution in [-0.4, -0.2) is 35.9 Å². The number of hydrogen-bond donors (Lipinski definition) is 1. The van der Waals surface area contributed by atoms with E-state index < -0.39 is 23.8 Å². The number of hydrogen-bond acceptors (Lipinski definition) is 5. The molecule has 1 atom stereocenters. The molecule has 1 aromatic heterocycles. The molecule has 0 aliphatic carbocycles. The molecule has 1 heterocycles. The van der Waals surface area contributed by atoms with Crippen molar-refractivity contribution in [2.45, 2.75) is 40.7 Å². The van der Waals surface area contributed by atoms with E-state index in [-0.39, 0.29) is 5.69 Å². The maximum absolute atomic E-state index is 12.7. The van der Waals surface area contributed by atoms with E-state index in [9.17, 15) is 14.4 Å². The summed E-state index contributed by atoms with van der Waals surface area (Å²) in [4.78, 5) is 39.9. The molecule has 0 saturated heterocycles. The molecule has 0 bridgehead atoms. The van der Waals surface area contributed by atoms with Gasteiger partial charge < -0.3 is 14.5 Å². The molecule has 1 aromatic carbocycles. The third kappa shape index (κ3) is 3.69. The smallest absolute Gasteiger partial charge is 0.339 e. The van der Waals surface area contributed by atoms with Gasteiger partial charge in [0.15, 0.2) is 6.10 Å². The van der Waals surface area contributed by atoms with Gasteiger partial charge in [-0.1, -0.05) is 17.7 Å². The van der Waals surface area contributed by atoms with Gasteiger partial charge >= 0.3 is 11.9 Å². The summed E-state index contributed by atoms with van der Waals surface area (Å²) < 4.78 is 10.1. The molecule has 2 rings (SSSR count). The Morgan fingerprint density at radius 2 is 1.69 bits per heavy atom. The molecule has 0 aliphatic rings. The van der Waals surface area contributed by atoms with Crippen LogP contribution in [-0.2, 0) is 9.47 Å². The van der Waals surface area contributed by atoms with Crippen molar-refractivity contribution in [3.05, 3.63) is 57.4 Å². The lowest BCUT2D eigenvalue weighted by molar-refractivity contribution is 0.0316. The van der Waals surface area contributed by atoms with Gasteiger partial charge in [0.2, 0.25) is 5.78 Å². The van der Waals surface area contributed by atoms with E-state index in [1.54, 1.807) is 19.9 Å². The van der Waals surface area contributed by atoms with E-state index in [0.717, 1.165) is 11.1 Å². The van der Waals surface area contributed by atoms with Gasteiger partial charge in [-0.25, -0.2) is 9.59 Å². The van der Waals surface area contributed by atoms with Crippen LogP contribution in [0.25, 0.3) is 0 Å². The fraction of sp³-hybridized carbons (Fsp3) is 0.350. The highest BCUT2D eigenvalue weighted by Crippen LogP contribution is 2.21. The molecule has 0 saturated carbocycles. The van der Waals surface area contributed by atoms with Gasteiger partial charge in [-0.2, -0.15) is 0 Å². The number of Topliss-reactive ketones (excluding diaryl/α,β-unsaturated/α-hetero) is 1. The predicted molar refractivity (Wildman–Crippen MR) is 96.7 cm³/mol. The second-order valence-corrected chi connectivity index (χ2v) is 6.35. The van der Waals surface area contributed by atoms with Crippen LogP contribution < -0.4 is 0 Å². The first-order valence-electron chi connectivity index (χ1n) is 8.27. The number of benzene rings is 1. The van der Waals surface area contributed by atoms with E-state index in [1.807, 2.05) is 26.0 Å². The van der Waals surface area contributed by atoms with Crippen molar-refractivity contribution in [2.75, 3.05) is 7.11 Å². The van der Waals surface area contributed by atoms with Crippen LogP contribution >= 0.6 is 0 Å². The number of nitrogens with one attached hydrogen (secondary N) is 1. The highest BCUT2D eigenvalue weighted by molar-refractivity contribution is 6.04. The van der Waals surface area contributed by atoms with E-state index in [2.05, 4.69) is 4.98 Å². The summed E-state index contributed by atoms with van der Waals surface area (Å²) in [6, 6.07) is 5.47. The first-order chi connectivity index (χ1) is 12.2. The lowest BCUT2D eigenvalue weighted by Crippen LogP contribution is -2.25. The zero-order valence-electron chi connectivity index (χ0n) is 15.9. The van der Waals surface area contributed by atoms with Gasteiger partial charge in [-0.15, -0.1) is 0 Å². The van der Waals surface area contributed by atoms with Gasteiger partial charge in [-0.3, -0.25) is 4.79 Å². The molecular weight excluding hydrogens is 334 g/mol. The number of aromatic amines is 1. The molecule has 1 N–H and O–H groups in total. The van der Waals surface area contributed by atoms with Crippen LogP contribution in [0, 0.1) is 27.7 Å². The molecule has 0 aliphatic heterocycles. The van der Waals surface area contributed by atoms with Crippen molar-refractivity contribution in [2.24, 2.45) is 0 Å². The van der Waals surface area contributed by atoms with Crippen LogP contribution in [0.3, 0.4) is 0 Å². The fourth-order valence-electron chi connectivity index (χ4n) is 2.84. The minimum atomic E-state index is -0.996. The third-order valence-corrected chi connectivity index (χ3v) is 4.34. The topological polar surface area (TPSA) is 85.5 Å². The summed E-state index contributed by atoms with van der Waals surface area (Å²) in [7, 11) is 1.28. The summed E-state index contributed by atoms with van der Waals surface area (Å²) in [6.45, 7) is 8.54. The molecule has 0 amide bonds. The highest BCUT2D eigenvalue weighted by Gasteiger charge is 2.27. The first kappa shape index (κ1) is 19.4. The van der Waals surface area contributed by atoms with Crippen LogP contribution in [0.1, 0.15) is 60.5 Å². The average molecular weight is 357 g/mol. The minimum Gasteiger partial charge on any atom is -0.465 e. The van der Waals surface area contributed by atoms with E-state index in [0.29, 0.717) is 22.4 Å².